The summed E-state index contributed by atoms with van der Waals surface area (Å²) in [6.45, 7) is 4.00. The van der Waals surface area contributed by atoms with Gasteiger partial charge in [0.25, 0.3) is 0 Å². The summed E-state index contributed by atoms with van der Waals surface area (Å²) in [5, 5.41) is 0. The quantitative estimate of drug-likeness (QED) is 0.796. The van der Waals surface area contributed by atoms with E-state index in [-0.39, 0.29) is 5.54 Å². The van der Waals surface area contributed by atoms with Gasteiger partial charge in [-0.1, -0.05) is 18.2 Å². The number of rotatable bonds is 3. The molecule has 0 bridgehead atoms. The average molecular weight is 191 g/mol. The zero-order valence-electron chi connectivity index (χ0n) is 8.79. The largest absolute Gasteiger partial charge is 0.490 e. The summed E-state index contributed by atoms with van der Waals surface area (Å²) in [6, 6.07) is 8.04. The fourth-order valence-electron chi connectivity index (χ4n) is 1.47. The Kier molecular flexibility index (Phi) is 2.23. The van der Waals surface area contributed by atoms with Crippen LogP contribution in [-0.4, -0.2) is 6.10 Å². The van der Waals surface area contributed by atoms with E-state index in [0.717, 1.165) is 11.3 Å². The Labute approximate surface area is 85.1 Å². The summed E-state index contributed by atoms with van der Waals surface area (Å²) in [6.07, 6.45) is 2.79. The van der Waals surface area contributed by atoms with Gasteiger partial charge in [-0.25, -0.2) is 0 Å². The van der Waals surface area contributed by atoms with Crippen LogP contribution in [0.5, 0.6) is 5.75 Å². The molecule has 0 aromatic heterocycles. The molecule has 2 heteroatoms. The van der Waals surface area contributed by atoms with Crippen molar-refractivity contribution < 1.29 is 4.74 Å². The Morgan fingerprint density at radius 3 is 2.50 bits per heavy atom. The van der Waals surface area contributed by atoms with Gasteiger partial charge >= 0.3 is 0 Å². The van der Waals surface area contributed by atoms with Crippen molar-refractivity contribution in [3.63, 3.8) is 0 Å². The van der Waals surface area contributed by atoms with Gasteiger partial charge in [-0.05, 0) is 32.8 Å². The van der Waals surface area contributed by atoms with Gasteiger partial charge in [0.05, 0.1) is 6.10 Å². The first-order chi connectivity index (χ1) is 6.57. The maximum atomic E-state index is 6.07. The first-order valence-corrected chi connectivity index (χ1v) is 5.12. The van der Waals surface area contributed by atoms with E-state index in [1.807, 2.05) is 38.1 Å². The van der Waals surface area contributed by atoms with Crippen molar-refractivity contribution in [1.82, 2.24) is 0 Å². The minimum atomic E-state index is -0.328. The van der Waals surface area contributed by atoms with E-state index < -0.39 is 0 Å². The van der Waals surface area contributed by atoms with E-state index in [4.69, 9.17) is 10.5 Å². The van der Waals surface area contributed by atoms with Crippen LogP contribution in [0.3, 0.4) is 0 Å². The zero-order chi connectivity index (χ0) is 10.2. The molecular weight excluding hydrogens is 174 g/mol. The number of hydrogen-bond donors (Lipinski definition) is 1. The van der Waals surface area contributed by atoms with E-state index in [1.54, 1.807) is 0 Å². The monoisotopic (exact) mass is 191 g/mol. The zero-order valence-corrected chi connectivity index (χ0v) is 8.79. The molecule has 2 rings (SSSR count). The van der Waals surface area contributed by atoms with E-state index in [0.29, 0.717) is 6.10 Å². The first-order valence-electron chi connectivity index (χ1n) is 5.12. The number of nitrogens with two attached hydrogens (primary N) is 1. The molecule has 1 fully saturated rings. The summed E-state index contributed by atoms with van der Waals surface area (Å²) in [5.74, 6) is 0.947. The second-order valence-corrected chi connectivity index (χ2v) is 4.54. The van der Waals surface area contributed by atoms with Crippen molar-refractivity contribution in [2.45, 2.75) is 38.3 Å². The highest BCUT2D eigenvalue weighted by Gasteiger charge is 2.26. The molecular formula is C12H17NO. The highest BCUT2D eigenvalue weighted by atomic mass is 16.5. The van der Waals surface area contributed by atoms with Crippen LogP contribution >= 0.6 is 0 Å². The van der Waals surface area contributed by atoms with Crippen LogP contribution < -0.4 is 10.5 Å². The molecule has 14 heavy (non-hydrogen) atoms. The summed E-state index contributed by atoms with van der Waals surface area (Å²) in [4.78, 5) is 0. The molecule has 0 aliphatic heterocycles. The molecule has 0 atom stereocenters. The predicted molar refractivity (Wildman–Crippen MR) is 57.3 cm³/mol. The number of hydrogen-bond acceptors (Lipinski definition) is 2. The van der Waals surface area contributed by atoms with Gasteiger partial charge in [0.15, 0.2) is 0 Å². The molecule has 1 saturated carbocycles. The van der Waals surface area contributed by atoms with Crippen molar-refractivity contribution in [2.24, 2.45) is 5.73 Å². The van der Waals surface area contributed by atoms with Crippen LogP contribution in [0.4, 0.5) is 0 Å². The summed E-state index contributed by atoms with van der Waals surface area (Å²) >= 11 is 0. The summed E-state index contributed by atoms with van der Waals surface area (Å²) in [7, 11) is 0. The van der Waals surface area contributed by atoms with Crippen LogP contribution in [-0.2, 0) is 5.54 Å². The van der Waals surface area contributed by atoms with Gasteiger partial charge in [0, 0.05) is 11.1 Å². The van der Waals surface area contributed by atoms with Crippen molar-refractivity contribution in [2.75, 3.05) is 0 Å². The molecule has 1 aliphatic carbocycles. The molecule has 1 aliphatic rings. The lowest BCUT2D eigenvalue weighted by molar-refractivity contribution is 0.294. The fourth-order valence-corrected chi connectivity index (χ4v) is 1.47. The normalized spacial score (nSPS) is 16.8. The molecule has 0 amide bonds. The summed E-state index contributed by atoms with van der Waals surface area (Å²) in [5.41, 5.74) is 6.84. The molecule has 1 aromatic carbocycles. The maximum absolute atomic E-state index is 6.07. The highest BCUT2D eigenvalue weighted by molar-refractivity contribution is 5.38. The SMILES string of the molecule is CC(C)(N)c1ccccc1OC1CC1. The summed E-state index contributed by atoms with van der Waals surface area (Å²) < 4.78 is 5.80. The second kappa shape index (κ2) is 3.28. The van der Waals surface area contributed by atoms with Gasteiger partial charge in [-0.3, -0.25) is 0 Å². The molecule has 2 nitrogen and oxygen atoms in total. The van der Waals surface area contributed by atoms with Gasteiger partial charge < -0.3 is 10.5 Å². The Bertz CT molecular complexity index is 323. The third-order valence-electron chi connectivity index (χ3n) is 2.40. The second-order valence-electron chi connectivity index (χ2n) is 4.54. The fraction of sp³-hybridized carbons (Fsp3) is 0.500. The van der Waals surface area contributed by atoms with Crippen LogP contribution in [0, 0.1) is 0 Å². The number of benzene rings is 1. The third kappa shape index (κ3) is 2.07. The van der Waals surface area contributed by atoms with Gasteiger partial charge in [0.1, 0.15) is 5.75 Å². The lowest BCUT2D eigenvalue weighted by atomic mass is 9.95. The molecule has 2 N–H and O–H groups in total. The van der Waals surface area contributed by atoms with Crippen LogP contribution in [0.1, 0.15) is 32.3 Å². The lowest BCUT2D eigenvalue weighted by Gasteiger charge is -2.22. The van der Waals surface area contributed by atoms with Crippen LogP contribution in [0.2, 0.25) is 0 Å². The van der Waals surface area contributed by atoms with Crippen molar-refractivity contribution in [1.29, 1.82) is 0 Å². The highest BCUT2D eigenvalue weighted by Crippen LogP contribution is 2.32. The van der Waals surface area contributed by atoms with Gasteiger partial charge in [-0.2, -0.15) is 0 Å². The molecule has 0 heterocycles. The predicted octanol–water partition coefficient (Wildman–Crippen LogP) is 2.42. The average Bonchev–Trinajstić information content (AvgIpc) is 2.87. The van der Waals surface area contributed by atoms with Crippen LogP contribution in [0.25, 0.3) is 0 Å². The third-order valence-corrected chi connectivity index (χ3v) is 2.40. The Balaban J connectivity index is 2.27. The molecule has 1 aromatic rings. The lowest BCUT2D eigenvalue weighted by Crippen LogP contribution is -2.29. The molecule has 0 radical (unpaired) electrons. The molecule has 0 unspecified atom stereocenters. The minimum Gasteiger partial charge on any atom is -0.490 e. The van der Waals surface area contributed by atoms with Crippen molar-refractivity contribution in [3.05, 3.63) is 29.8 Å². The van der Waals surface area contributed by atoms with Gasteiger partial charge in [-0.15, -0.1) is 0 Å². The standard InChI is InChI=1S/C12H17NO/c1-12(2,13)10-5-3-4-6-11(10)14-9-7-8-9/h3-6,9H,7-8,13H2,1-2H3. The Morgan fingerprint density at radius 1 is 1.29 bits per heavy atom. The van der Waals surface area contributed by atoms with E-state index in [9.17, 15) is 0 Å². The molecule has 0 spiro atoms. The smallest absolute Gasteiger partial charge is 0.124 e. The van der Waals surface area contributed by atoms with Crippen molar-refractivity contribution in [3.8, 4) is 5.75 Å². The minimum absolute atomic E-state index is 0.328. The maximum Gasteiger partial charge on any atom is 0.124 e. The van der Waals surface area contributed by atoms with E-state index >= 15 is 0 Å². The number of ether oxygens (including phenoxy) is 1. The molecule has 76 valence electrons. The van der Waals surface area contributed by atoms with E-state index in [2.05, 4.69) is 0 Å². The number of para-hydroxylation sites is 1. The van der Waals surface area contributed by atoms with Crippen LogP contribution in [0.15, 0.2) is 24.3 Å². The molecule has 0 saturated heterocycles. The Morgan fingerprint density at radius 2 is 1.93 bits per heavy atom. The first kappa shape index (κ1) is 9.53. The van der Waals surface area contributed by atoms with E-state index in [1.165, 1.54) is 12.8 Å². The Hall–Kier alpha value is -1.02. The van der Waals surface area contributed by atoms with Gasteiger partial charge in [0.2, 0.25) is 0 Å². The topological polar surface area (TPSA) is 35.2 Å². The van der Waals surface area contributed by atoms with Crippen molar-refractivity contribution >= 4 is 0 Å².